The van der Waals surface area contributed by atoms with Crippen molar-refractivity contribution in [2.45, 2.75) is 38.0 Å². The summed E-state index contributed by atoms with van der Waals surface area (Å²) in [6.45, 7) is 4.42. The van der Waals surface area contributed by atoms with Gasteiger partial charge in [-0.1, -0.05) is 60.1 Å². The zero-order chi connectivity index (χ0) is 22.8. The van der Waals surface area contributed by atoms with Crippen LogP contribution in [-0.4, -0.2) is 30.8 Å². The van der Waals surface area contributed by atoms with Gasteiger partial charge in [0.05, 0.1) is 32.7 Å². The normalized spacial score (nSPS) is 12.4. The lowest BCUT2D eigenvalue weighted by molar-refractivity contribution is -0.119. The van der Waals surface area contributed by atoms with E-state index in [9.17, 15) is 9.59 Å². The molecule has 0 spiro atoms. The number of carbonyl (C=O) groups excluding carboxylic acids is 1. The standard InChI is InChI=1S/C22H21Cl2N5O2S/c1-3-10-28-20(31)15-6-4-5-7-18(15)29-21(28)26-27-22(29)32-12-19(30)25-13(2)14-8-9-16(23)17(24)11-14/h4-9,11,13H,3,10,12H2,1-2H3,(H,25,30). The third kappa shape index (κ3) is 4.35. The second-order valence-corrected chi connectivity index (χ2v) is 9.10. The molecular formula is C22H21Cl2N5O2S. The molecule has 1 atom stereocenters. The van der Waals surface area contributed by atoms with E-state index in [1.807, 2.05) is 42.5 Å². The van der Waals surface area contributed by atoms with Gasteiger partial charge in [0.15, 0.2) is 5.16 Å². The summed E-state index contributed by atoms with van der Waals surface area (Å²) in [4.78, 5) is 25.5. The number of rotatable bonds is 7. The number of carbonyl (C=O) groups is 1. The molecular weight excluding hydrogens is 469 g/mol. The first-order valence-electron chi connectivity index (χ1n) is 10.1. The van der Waals surface area contributed by atoms with E-state index in [2.05, 4.69) is 15.5 Å². The van der Waals surface area contributed by atoms with Crippen LogP contribution in [0, 0.1) is 0 Å². The zero-order valence-corrected chi connectivity index (χ0v) is 19.8. The van der Waals surface area contributed by atoms with E-state index >= 15 is 0 Å². The topological polar surface area (TPSA) is 81.3 Å². The number of thioether (sulfide) groups is 1. The summed E-state index contributed by atoms with van der Waals surface area (Å²) in [7, 11) is 0. The molecule has 7 nitrogen and oxygen atoms in total. The summed E-state index contributed by atoms with van der Waals surface area (Å²) in [6.07, 6.45) is 0.790. The molecule has 2 aromatic heterocycles. The summed E-state index contributed by atoms with van der Waals surface area (Å²) in [5.41, 5.74) is 1.49. The Morgan fingerprint density at radius 3 is 2.69 bits per heavy atom. The minimum Gasteiger partial charge on any atom is -0.349 e. The molecule has 1 amide bonds. The first kappa shape index (κ1) is 22.6. The Balaban J connectivity index is 1.57. The monoisotopic (exact) mass is 489 g/mol. The van der Waals surface area contributed by atoms with Crippen molar-refractivity contribution in [3.8, 4) is 0 Å². The first-order valence-corrected chi connectivity index (χ1v) is 11.9. The largest absolute Gasteiger partial charge is 0.349 e. The number of hydrogen-bond acceptors (Lipinski definition) is 5. The average Bonchev–Trinajstić information content (AvgIpc) is 3.21. The molecule has 0 aliphatic heterocycles. The quantitative estimate of drug-likeness (QED) is 0.379. The summed E-state index contributed by atoms with van der Waals surface area (Å²) in [5.74, 6) is 0.465. The summed E-state index contributed by atoms with van der Waals surface area (Å²) in [6, 6.07) is 12.4. The van der Waals surface area contributed by atoms with E-state index in [1.165, 1.54) is 11.8 Å². The lowest BCUT2D eigenvalue weighted by atomic mass is 10.1. The van der Waals surface area contributed by atoms with Gasteiger partial charge in [-0.15, -0.1) is 10.2 Å². The summed E-state index contributed by atoms with van der Waals surface area (Å²) in [5, 5.41) is 13.5. The highest BCUT2D eigenvalue weighted by molar-refractivity contribution is 7.99. The Hall–Kier alpha value is -2.55. The van der Waals surface area contributed by atoms with Gasteiger partial charge < -0.3 is 5.32 Å². The number of halogens is 2. The van der Waals surface area contributed by atoms with Crippen LogP contribution in [0.4, 0.5) is 0 Å². The maximum atomic E-state index is 12.9. The number of amides is 1. The van der Waals surface area contributed by atoms with Gasteiger partial charge in [0.25, 0.3) is 5.56 Å². The Morgan fingerprint density at radius 2 is 1.94 bits per heavy atom. The molecule has 0 aliphatic carbocycles. The van der Waals surface area contributed by atoms with Gasteiger partial charge in [0.1, 0.15) is 0 Å². The van der Waals surface area contributed by atoms with Gasteiger partial charge in [0, 0.05) is 6.54 Å². The maximum absolute atomic E-state index is 12.9. The predicted molar refractivity (Wildman–Crippen MR) is 129 cm³/mol. The number of benzene rings is 2. The smallest absolute Gasteiger partial charge is 0.262 e. The molecule has 10 heteroatoms. The number of nitrogens with one attached hydrogen (secondary N) is 1. The van der Waals surface area contributed by atoms with Crippen LogP contribution >= 0.6 is 35.0 Å². The third-order valence-corrected chi connectivity index (χ3v) is 6.75. The molecule has 1 N–H and O–H groups in total. The van der Waals surface area contributed by atoms with Gasteiger partial charge in [-0.05, 0) is 43.2 Å². The lowest BCUT2D eigenvalue weighted by Crippen LogP contribution is -2.28. The van der Waals surface area contributed by atoms with Gasteiger partial charge in [0.2, 0.25) is 11.7 Å². The zero-order valence-electron chi connectivity index (χ0n) is 17.5. The van der Waals surface area contributed by atoms with E-state index in [-0.39, 0.29) is 23.3 Å². The van der Waals surface area contributed by atoms with E-state index in [0.29, 0.717) is 32.9 Å². The molecule has 1 unspecified atom stereocenters. The van der Waals surface area contributed by atoms with Gasteiger partial charge >= 0.3 is 0 Å². The van der Waals surface area contributed by atoms with Crippen LogP contribution in [-0.2, 0) is 11.3 Å². The van der Waals surface area contributed by atoms with Crippen LogP contribution in [0.1, 0.15) is 31.9 Å². The van der Waals surface area contributed by atoms with Crippen molar-refractivity contribution in [3.63, 3.8) is 0 Å². The Labute approximate surface area is 198 Å². The van der Waals surface area contributed by atoms with Crippen molar-refractivity contribution >= 4 is 57.6 Å². The van der Waals surface area contributed by atoms with Crippen LogP contribution in [0.3, 0.4) is 0 Å². The molecule has 0 saturated carbocycles. The van der Waals surface area contributed by atoms with Crippen molar-refractivity contribution in [1.82, 2.24) is 24.5 Å². The minimum atomic E-state index is -0.233. The van der Waals surface area contributed by atoms with Gasteiger partial charge in [-0.3, -0.25) is 18.6 Å². The summed E-state index contributed by atoms with van der Waals surface area (Å²) < 4.78 is 3.47. The maximum Gasteiger partial charge on any atom is 0.262 e. The van der Waals surface area contributed by atoms with Crippen LogP contribution in [0.5, 0.6) is 0 Å². The van der Waals surface area contributed by atoms with Crippen LogP contribution < -0.4 is 10.9 Å². The number of aryl methyl sites for hydroxylation is 1. The van der Waals surface area contributed by atoms with Crippen LogP contribution in [0.25, 0.3) is 16.7 Å². The lowest BCUT2D eigenvalue weighted by Gasteiger charge is -2.15. The van der Waals surface area contributed by atoms with Crippen molar-refractivity contribution in [2.24, 2.45) is 0 Å². The SMILES string of the molecule is CCCn1c(=O)c2ccccc2n2c(SCC(=O)NC(C)c3ccc(Cl)c(Cl)c3)nnc12. The predicted octanol–water partition coefficient (Wildman–Crippen LogP) is 4.73. The van der Waals surface area contributed by atoms with E-state index in [0.717, 1.165) is 17.5 Å². The van der Waals surface area contributed by atoms with Crippen molar-refractivity contribution < 1.29 is 4.79 Å². The average molecular weight is 490 g/mol. The fourth-order valence-corrected chi connectivity index (χ4v) is 4.59. The molecule has 0 bridgehead atoms. The number of fused-ring (bicyclic) bond motifs is 3. The van der Waals surface area contributed by atoms with Crippen molar-refractivity contribution in [3.05, 3.63) is 68.4 Å². The highest BCUT2D eigenvalue weighted by Crippen LogP contribution is 2.26. The highest BCUT2D eigenvalue weighted by Gasteiger charge is 2.18. The molecule has 2 heterocycles. The van der Waals surface area contributed by atoms with Gasteiger partial charge in [-0.2, -0.15) is 0 Å². The van der Waals surface area contributed by atoms with E-state index in [4.69, 9.17) is 23.2 Å². The molecule has 4 rings (SSSR count). The molecule has 0 aliphatic rings. The van der Waals surface area contributed by atoms with Gasteiger partial charge in [-0.25, -0.2) is 0 Å². The molecule has 2 aromatic carbocycles. The second-order valence-electron chi connectivity index (χ2n) is 7.34. The fourth-order valence-electron chi connectivity index (χ4n) is 3.53. The first-order chi connectivity index (χ1) is 15.4. The highest BCUT2D eigenvalue weighted by atomic mass is 35.5. The molecule has 166 valence electrons. The Morgan fingerprint density at radius 1 is 1.16 bits per heavy atom. The fraction of sp³-hybridized carbons (Fsp3) is 0.273. The third-order valence-electron chi connectivity index (χ3n) is 5.08. The van der Waals surface area contributed by atoms with Crippen LogP contribution in [0.2, 0.25) is 10.0 Å². The number of nitrogens with zero attached hydrogens (tertiary/aromatic N) is 4. The number of aromatic nitrogens is 4. The number of hydrogen-bond donors (Lipinski definition) is 1. The van der Waals surface area contributed by atoms with E-state index < -0.39 is 0 Å². The Bertz CT molecular complexity index is 1370. The van der Waals surface area contributed by atoms with Crippen molar-refractivity contribution in [1.29, 1.82) is 0 Å². The molecule has 0 radical (unpaired) electrons. The van der Waals surface area contributed by atoms with Crippen LogP contribution in [0.15, 0.2) is 52.4 Å². The molecule has 0 fully saturated rings. The van der Waals surface area contributed by atoms with Crippen molar-refractivity contribution in [2.75, 3.05) is 5.75 Å². The molecule has 0 saturated heterocycles. The molecule has 32 heavy (non-hydrogen) atoms. The minimum absolute atomic E-state index is 0.0907. The van der Waals surface area contributed by atoms with E-state index in [1.54, 1.807) is 22.8 Å². The number of para-hydroxylation sites is 1. The second kappa shape index (κ2) is 9.52. The molecule has 4 aromatic rings. The Kier molecular flexibility index (Phi) is 6.74. The summed E-state index contributed by atoms with van der Waals surface area (Å²) >= 11 is 13.3.